The predicted molar refractivity (Wildman–Crippen MR) is 140 cm³/mol. The standard InChI is InChI=1S/C28H29F3N6O/c1-18-8-9-19(14-24(18)37-17-32-22-6-4-5-7-23(22)37)27(38)34-25-11-10-20(26(33-25)28(29,30)31)15-36-13-12-21(16-36)35(2)3/h4-11,14,17,21H,12-13,15-16H2,1-3H3,(H,33,34,38)/t21-/m1/s1. The molecule has 1 saturated heterocycles. The molecule has 1 atom stereocenters. The van der Waals surface area contributed by atoms with Crippen molar-refractivity contribution in [2.75, 3.05) is 32.5 Å². The van der Waals surface area contributed by atoms with Crippen molar-refractivity contribution in [3.8, 4) is 5.69 Å². The SMILES string of the molecule is Cc1ccc(C(=O)Nc2ccc(CN3CC[C@@H](N(C)C)C3)c(C(F)(F)F)n2)cc1-n1cnc2ccccc21. The van der Waals surface area contributed by atoms with E-state index in [1.807, 2.05) is 54.8 Å². The summed E-state index contributed by atoms with van der Waals surface area (Å²) in [4.78, 5) is 25.4. The summed E-state index contributed by atoms with van der Waals surface area (Å²) >= 11 is 0. The van der Waals surface area contributed by atoms with Crippen LogP contribution >= 0.6 is 0 Å². The smallest absolute Gasteiger partial charge is 0.307 e. The number of carbonyl (C=O) groups excluding carboxylic acids is 1. The maximum atomic E-state index is 13.9. The third-order valence-electron chi connectivity index (χ3n) is 7.05. The number of aromatic nitrogens is 3. The van der Waals surface area contributed by atoms with Gasteiger partial charge < -0.3 is 10.2 Å². The third kappa shape index (κ3) is 5.27. The van der Waals surface area contributed by atoms with E-state index in [2.05, 4.69) is 20.2 Å². The minimum absolute atomic E-state index is 0.0968. The number of carbonyl (C=O) groups is 1. The molecule has 198 valence electrons. The molecule has 1 amide bonds. The van der Waals surface area contributed by atoms with E-state index in [9.17, 15) is 18.0 Å². The molecule has 7 nitrogen and oxygen atoms in total. The number of halogens is 3. The molecule has 0 spiro atoms. The van der Waals surface area contributed by atoms with Crippen molar-refractivity contribution in [2.24, 2.45) is 0 Å². The largest absolute Gasteiger partial charge is 0.433 e. The lowest BCUT2D eigenvalue weighted by Gasteiger charge is -2.22. The van der Waals surface area contributed by atoms with Crippen LogP contribution in [0.2, 0.25) is 0 Å². The molecule has 1 aliphatic rings. The first-order valence-corrected chi connectivity index (χ1v) is 12.4. The molecule has 1 aliphatic heterocycles. The first kappa shape index (κ1) is 25.9. The molecule has 38 heavy (non-hydrogen) atoms. The Balaban J connectivity index is 1.38. The van der Waals surface area contributed by atoms with E-state index in [0.29, 0.717) is 18.2 Å². The number of rotatable bonds is 6. The number of nitrogens with one attached hydrogen (secondary N) is 1. The quantitative estimate of drug-likeness (QED) is 0.380. The first-order valence-electron chi connectivity index (χ1n) is 12.4. The van der Waals surface area contributed by atoms with Gasteiger partial charge in [-0.1, -0.05) is 24.3 Å². The van der Waals surface area contributed by atoms with E-state index >= 15 is 0 Å². The fourth-order valence-corrected chi connectivity index (χ4v) is 4.90. The molecule has 10 heteroatoms. The molecule has 0 aliphatic carbocycles. The topological polar surface area (TPSA) is 66.3 Å². The molecule has 5 rings (SSSR count). The number of amides is 1. The Morgan fingerprint density at radius 3 is 2.66 bits per heavy atom. The van der Waals surface area contributed by atoms with Crippen LogP contribution in [-0.4, -0.2) is 63.5 Å². The zero-order valence-corrected chi connectivity index (χ0v) is 21.5. The number of fused-ring (bicyclic) bond motifs is 1. The molecule has 2 aromatic heterocycles. The maximum Gasteiger partial charge on any atom is 0.433 e. The number of anilines is 1. The number of pyridine rings is 1. The molecule has 1 fully saturated rings. The van der Waals surface area contributed by atoms with Gasteiger partial charge in [0.15, 0.2) is 5.69 Å². The Hall–Kier alpha value is -3.76. The van der Waals surface area contributed by atoms with Gasteiger partial charge in [-0.25, -0.2) is 9.97 Å². The van der Waals surface area contributed by atoms with Crippen LogP contribution in [0.3, 0.4) is 0 Å². The van der Waals surface area contributed by atoms with Gasteiger partial charge in [-0.3, -0.25) is 14.3 Å². The zero-order chi connectivity index (χ0) is 27.0. The maximum absolute atomic E-state index is 13.9. The number of hydrogen-bond acceptors (Lipinski definition) is 5. The summed E-state index contributed by atoms with van der Waals surface area (Å²) in [5.41, 5.74) is 2.80. The monoisotopic (exact) mass is 522 g/mol. The van der Waals surface area contributed by atoms with Crippen molar-refractivity contribution in [1.82, 2.24) is 24.3 Å². The van der Waals surface area contributed by atoms with Crippen LogP contribution in [-0.2, 0) is 12.7 Å². The fourth-order valence-electron chi connectivity index (χ4n) is 4.90. The number of para-hydroxylation sites is 2. The van der Waals surface area contributed by atoms with E-state index in [4.69, 9.17) is 0 Å². The molecule has 3 heterocycles. The second-order valence-electron chi connectivity index (χ2n) is 9.90. The summed E-state index contributed by atoms with van der Waals surface area (Å²) in [6.07, 6.45) is -2.05. The van der Waals surface area contributed by atoms with Crippen LogP contribution in [0.1, 0.15) is 33.6 Å². The number of likely N-dealkylation sites (tertiary alicyclic amines) is 1. The van der Waals surface area contributed by atoms with E-state index < -0.39 is 17.8 Å². The fraction of sp³-hybridized carbons (Fsp3) is 0.321. The Morgan fingerprint density at radius 1 is 1.13 bits per heavy atom. The summed E-state index contributed by atoms with van der Waals surface area (Å²) in [5.74, 6) is -0.689. The van der Waals surface area contributed by atoms with Gasteiger partial charge in [0.25, 0.3) is 5.91 Å². The second-order valence-corrected chi connectivity index (χ2v) is 9.90. The highest BCUT2D eigenvalue weighted by Crippen LogP contribution is 2.33. The second kappa shape index (κ2) is 10.2. The van der Waals surface area contributed by atoms with E-state index in [-0.39, 0.29) is 17.9 Å². The first-order chi connectivity index (χ1) is 18.1. The number of imidazole rings is 1. The highest BCUT2D eigenvalue weighted by Gasteiger charge is 2.37. The Kier molecular flexibility index (Phi) is 6.93. The van der Waals surface area contributed by atoms with Crippen molar-refractivity contribution in [3.63, 3.8) is 0 Å². The predicted octanol–water partition coefficient (Wildman–Crippen LogP) is 5.14. The van der Waals surface area contributed by atoms with E-state index in [1.165, 1.54) is 12.1 Å². The highest BCUT2D eigenvalue weighted by atomic mass is 19.4. The Bertz CT molecular complexity index is 1480. The van der Waals surface area contributed by atoms with Gasteiger partial charge >= 0.3 is 6.18 Å². The summed E-state index contributed by atoms with van der Waals surface area (Å²) in [6, 6.07) is 15.9. The number of benzene rings is 2. The van der Waals surface area contributed by atoms with Gasteiger partial charge in [0.05, 0.1) is 16.7 Å². The molecular weight excluding hydrogens is 493 g/mol. The average Bonchev–Trinajstić information content (AvgIpc) is 3.52. The van der Waals surface area contributed by atoms with E-state index in [1.54, 1.807) is 24.5 Å². The van der Waals surface area contributed by atoms with Crippen LogP contribution in [0.5, 0.6) is 0 Å². The molecule has 0 saturated carbocycles. The van der Waals surface area contributed by atoms with Crippen LogP contribution in [0.15, 0.2) is 60.9 Å². The number of hydrogen-bond donors (Lipinski definition) is 1. The van der Waals surface area contributed by atoms with E-state index in [0.717, 1.165) is 35.2 Å². The number of nitrogens with zero attached hydrogens (tertiary/aromatic N) is 5. The molecular formula is C28H29F3N6O. The minimum atomic E-state index is -4.64. The van der Waals surface area contributed by atoms with Crippen molar-refractivity contribution in [1.29, 1.82) is 0 Å². The summed E-state index contributed by atoms with van der Waals surface area (Å²) in [6.45, 7) is 3.49. The van der Waals surface area contributed by atoms with Gasteiger partial charge in [0.2, 0.25) is 0 Å². The van der Waals surface area contributed by atoms with Crippen molar-refractivity contribution < 1.29 is 18.0 Å². The van der Waals surface area contributed by atoms with Crippen LogP contribution in [0, 0.1) is 6.92 Å². The average molecular weight is 523 g/mol. The lowest BCUT2D eigenvalue weighted by molar-refractivity contribution is -0.142. The summed E-state index contributed by atoms with van der Waals surface area (Å²) < 4.78 is 43.7. The third-order valence-corrected chi connectivity index (χ3v) is 7.05. The molecule has 4 aromatic rings. The summed E-state index contributed by atoms with van der Waals surface area (Å²) in [5, 5.41) is 2.55. The van der Waals surface area contributed by atoms with Crippen LogP contribution in [0.4, 0.5) is 19.0 Å². The lowest BCUT2D eigenvalue weighted by atomic mass is 10.1. The molecule has 1 N–H and O–H groups in total. The van der Waals surface area contributed by atoms with Gasteiger partial charge in [0.1, 0.15) is 12.1 Å². The number of likely N-dealkylation sites (N-methyl/N-ethyl adjacent to an activating group) is 1. The van der Waals surface area contributed by atoms with Crippen LogP contribution in [0.25, 0.3) is 16.7 Å². The lowest BCUT2D eigenvalue weighted by Crippen LogP contribution is -2.31. The van der Waals surface area contributed by atoms with Gasteiger partial charge in [0, 0.05) is 31.2 Å². The molecule has 0 bridgehead atoms. The van der Waals surface area contributed by atoms with Crippen LogP contribution < -0.4 is 5.32 Å². The zero-order valence-electron chi connectivity index (χ0n) is 21.5. The number of alkyl halides is 3. The number of aryl methyl sites for hydroxylation is 1. The normalized spacial score (nSPS) is 16.4. The van der Waals surface area contributed by atoms with Crippen molar-refractivity contribution in [3.05, 3.63) is 83.3 Å². The van der Waals surface area contributed by atoms with Crippen molar-refractivity contribution in [2.45, 2.75) is 32.1 Å². The molecule has 0 unspecified atom stereocenters. The van der Waals surface area contributed by atoms with Crippen molar-refractivity contribution >= 4 is 22.8 Å². The molecule has 0 radical (unpaired) electrons. The Labute approximate surface area is 218 Å². The molecule has 2 aromatic carbocycles. The van der Waals surface area contributed by atoms with Gasteiger partial charge in [-0.2, -0.15) is 13.2 Å². The summed E-state index contributed by atoms with van der Waals surface area (Å²) in [7, 11) is 3.95. The minimum Gasteiger partial charge on any atom is -0.307 e. The van der Waals surface area contributed by atoms with Gasteiger partial charge in [-0.05, 0) is 68.9 Å². The van der Waals surface area contributed by atoms with Gasteiger partial charge in [-0.15, -0.1) is 0 Å². The Morgan fingerprint density at radius 2 is 1.92 bits per heavy atom. The highest BCUT2D eigenvalue weighted by molar-refractivity contribution is 6.04.